The predicted octanol–water partition coefficient (Wildman–Crippen LogP) is 3.13. The molecule has 2 rings (SSSR count). The normalized spacial score (nSPS) is 17.7. The van der Waals surface area contributed by atoms with Crippen LogP contribution in [0.1, 0.15) is 49.2 Å². The first kappa shape index (κ1) is 14.9. The van der Waals surface area contributed by atoms with E-state index in [9.17, 15) is 0 Å². The fourth-order valence-corrected chi connectivity index (χ4v) is 4.50. The summed E-state index contributed by atoms with van der Waals surface area (Å²) in [5.74, 6) is 0.528. The van der Waals surface area contributed by atoms with Crippen molar-refractivity contribution in [1.82, 2.24) is 10.3 Å². The highest BCUT2D eigenvalue weighted by Gasteiger charge is 2.37. The van der Waals surface area contributed by atoms with Crippen molar-refractivity contribution in [1.29, 1.82) is 0 Å². The molecule has 0 saturated carbocycles. The standard InChI is InChI=1S/C15H26N2OS/c1-5-15(11(2)3,16-9-10-18-4)14-17-12-7-6-8-13(12)19-14/h11,16H,5-10H2,1-4H3. The predicted molar refractivity (Wildman–Crippen MR) is 80.8 cm³/mol. The number of aromatic nitrogens is 1. The van der Waals surface area contributed by atoms with Gasteiger partial charge in [0.1, 0.15) is 5.01 Å². The van der Waals surface area contributed by atoms with Gasteiger partial charge in [0.2, 0.25) is 0 Å². The molecule has 108 valence electrons. The van der Waals surface area contributed by atoms with Crippen molar-refractivity contribution in [2.45, 2.75) is 52.0 Å². The number of nitrogens with zero attached hydrogens (tertiary/aromatic N) is 1. The Morgan fingerprint density at radius 2 is 2.21 bits per heavy atom. The molecule has 1 aliphatic carbocycles. The minimum atomic E-state index is 0.00748. The first-order chi connectivity index (χ1) is 9.14. The van der Waals surface area contributed by atoms with Crippen molar-refractivity contribution in [2.24, 2.45) is 5.92 Å². The molecule has 0 radical (unpaired) electrons. The van der Waals surface area contributed by atoms with E-state index in [0.717, 1.165) is 19.6 Å². The lowest BCUT2D eigenvalue weighted by Gasteiger charge is -2.36. The molecule has 0 aromatic carbocycles. The number of thiazole rings is 1. The lowest BCUT2D eigenvalue weighted by molar-refractivity contribution is 0.163. The molecule has 1 aromatic heterocycles. The fraction of sp³-hybridized carbons (Fsp3) is 0.800. The van der Waals surface area contributed by atoms with Crippen molar-refractivity contribution in [3.8, 4) is 0 Å². The molecule has 0 amide bonds. The smallest absolute Gasteiger partial charge is 0.114 e. The van der Waals surface area contributed by atoms with E-state index in [1.165, 1.54) is 34.8 Å². The van der Waals surface area contributed by atoms with Gasteiger partial charge < -0.3 is 10.1 Å². The number of hydrogen-bond acceptors (Lipinski definition) is 4. The van der Waals surface area contributed by atoms with Crippen LogP contribution in [-0.2, 0) is 23.1 Å². The Kier molecular flexibility index (Phi) is 4.98. The molecule has 1 aromatic rings. The van der Waals surface area contributed by atoms with Gasteiger partial charge in [0, 0.05) is 18.5 Å². The zero-order chi connectivity index (χ0) is 13.9. The highest BCUT2D eigenvalue weighted by molar-refractivity contribution is 7.12. The van der Waals surface area contributed by atoms with E-state index in [-0.39, 0.29) is 5.54 Å². The summed E-state index contributed by atoms with van der Waals surface area (Å²) in [4.78, 5) is 6.47. The van der Waals surface area contributed by atoms with Crippen molar-refractivity contribution in [3.05, 3.63) is 15.6 Å². The highest BCUT2D eigenvalue weighted by Crippen LogP contribution is 2.39. The highest BCUT2D eigenvalue weighted by atomic mass is 32.1. The molecule has 1 aliphatic rings. The number of ether oxygens (including phenoxy) is 1. The zero-order valence-electron chi connectivity index (χ0n) is 12.6. The molecule has 1 N–H and O–H groups in total. The molecule has 0 saturated heterocycles. The Bertz CT molecular complexity index is 395. The van der Waals surface area contributed by atoms with E-state index in [1.54, 1.807) is 7.11 Å². The summed E-state index contributed by atoms with van der Waals surface area (Å²) in [6, 6.07) is 0. The summed E-state index contributed by atoms with van der Waals surface area (Å²) in [5, 5.41) is 4.99. The Hall–Kier alpha value is -0.450. The maximum atomic E-state index is 5.18. The average molecular weight is 282 g/mol. The number of aryl methyl sites for hydroxylation is 2. The maximum absolute atomic E-state index is 5.18. The molecule has 0 aliphatic heterocycles. The first-order valence-electron chi connectivity index (χ1n) is 7.37. The second kappa shape index (κ2) is 6.33. The van der Waals surface area contributed by atoms with Crippen LogP contribution in [-0.4, -0.2) is 25.2 Å². The van der Waals surface area contributed by atoms with Gasteiger partial charge in [0.25, 0.3) is 0 Å². The average Bonchev–Trinajstić information content (AvgIpc) is 2.95. The molecule has 1 atom stereocenters. The molecule has 19 heavy (non-hydrogen) atoms. The van der Waals surface area contributed by atoms with Crippen LogP contribution in [0.15, 0.2) is 0 Å². The summed E-state index contributed by atoms with van der Waals surface area (Å²) in [6.07, 6.45) is 4.75. The SMILES string of the molecule is CCC(NCCOC)(c1nc2c(s1)CCC2)C(C)C. The van der Waals surface area contributed by atoms with Gasteiger partial charge in [-0.2, -0.15) is 0 Å². The second-order valence-corrected chi connectivity index (χ2v) is 6.73. The summed E-state index contributed by atoms with van der Waals surface area (Å²) in [6.45, 7) is 8.46. The molecule has 4 heteroatoms. The first-order valence-corrected chi connectivity index (χ1v) is 8.18. The molecule has 3 nitrogen and oxygen atoms in total. The van der Waals surface area contributed by atoms with Gasteiger partial charge >= 0.3 is 0 Å². The molecule has 0 bridgehead atoms. The van der Waals surface area contributed by atoms with E-state index >= 15 is 0 Å². The lowest BCUT2D eigenvalue weighted by atomic mass is 9.84. The minimum Gasteiger partial charge on any atom is -0.383 e. The Labute approximate surface area is 120 Å². The van der Waals surface area contributed by atoms with E-state index in [1.807, 2.05) is 11.3 Å². The molecule has 0 fully saturated rings. The van der Waals surface area contributed by atoms with Crippen LogP contribution in [0.4, 0.5) is 0 Å². The summed E-state index contributed by atoms with van der Waals surface area (Å²) in [5.41, 5.74) is 1.36. The fourth-order valence-electron chi connectivity index (χ4n) is 2.97. The van der Waals surface area contributed by atoms with Gasteiger partial charge in [-0.1, -0.05) is 20.8 Å². The molecular weight excluding hydrogens is 256 g/mol. The lowest BCUT2D eigenvalue weighted by Crippen LogP contribution is -2.47. The molecular formula is C15H26N2OS. The van der Waals surface area contributed by atoms with Gasteiger partial charge in [-0.15, -0.1) is 11.3 Å². The number of methoxy groups -OCH3 is 1. The van der Waals surface area contributed by atoms with E-state index in [2.05, 4.69) is 26.1 Å². The Morgan fingerprint density at radius 1 is 1.42 bits per heavy atom. The summed E-state index contributed by atoms with van der Waals surface area (Å²) in [7, 11) is 1.75. The zero-order valence-corrected chi connectivity index (χ0v) is 13.4. The van der Waals surface area contributed by atoms with Crippen LogP contribution in [0.2, 0.25) is 0 Å². The van der Waals surface area contributed by atoms with E-state index < -0.39 is 0 Å². The number of rotatable bonds is 7. The van der Waals surface area contributed by atoms with Crippen LogP contribution < -0.4 is 5.32 Å². The summed E-state index contributed by atoms with van der Waals surface area (Å²) >= 11 is 1.93. The van der Waals surface area contributed by atoms with Crippen molar-refractivity contribution >= 4 is 11.3 Å². The monoisotopic (exact) mass is 282 g/mol. The quantitative estimate of drug-likeness (QED) is 0.780. The molecule has 1 unspecified atom stereocenters. The van der Waals surface area contributed by atoms with E-state index in [0.29, 0.717) is 5.92 Å². The topological polar surface area (TPSA) is 34.1 Å². The largest absolute Gasteiger partial charge is 0.383 e. The second-order valence-electron chi connectivity index (χ2n) is 5.64. The van der Waals surface area contributed by atoms with Crippen molar-refractivity contribution in [2.75, 3.05) is 20.3 Å². The number of hydrogen-bond donors (Lipinski definition) is 1. The number of nitrogens with one attached hydrogen (secondary N) is 1. The van der Waals surface area contributed by atoms with Gasteiger partial charge in [-0.05, 0) is 31.6 Å². The minimum absolute atomic E-state index is 0.00748. The van der Waals surface area contributed by atoms with Gasteiger partial charge in [-0.25, -0.2) is 4.98 Å². The van der Waals surface area contributed by atoms with Crippen molar-refractivity contribution in [3.63, 3.8) is 0 Å². The Balaban J connectivity index is 2.24. The van der Waals surface area contributed by atoms with E-state index in [4.69, 9.17) is 9.72 Å². The molecule has 0 spiro atoms. The van der Waals surface area contributed by atoms with Gasteiger partial charge in [-0.3, -0.25) is 0 Å². The van der Waals surface area contributed by atoms with Gasteiger partial charge in [0.15, 0.2) is 0 Å². The third kappa shape index (κ3) is 2.86. The number of fused-ring (bicyclic) bond motifs is 1. The van der Waals surface area contributed by atoms with Crippen LogP contribution in [0.5, 0.6) is 0 Å². The maximum Gasteiger partial charge on any atom is 0.114 e. The van der Waals surface area contributed by atoms with Crippen LogP contribution >= 0.6 is 11.3 Å². The van der Waals surface area contributed by atoms with Crippen LogP contribution in [0.3, 0.4) is 0 Å². The Morgan fingerprint density at radius 3 is 2.79 bits per heavy atom. The third-order valence-electron chi connectivity index (χ3n) is 4.27. The van der Waals surface area contributed by atoms with Crippen LogP contribution in [0, 0.1) is 5.92 Å². The third-order valence-corrected chi connectivity index (χ3v) is 5.60. The summed E-state index contributed by atoms with van der Waals surface area (Å²) < 4.78 is 5.18. The van der Waals surface area contributed by atoms with Gasteiger partial charge in [0.05, 0.1) is 17.8 Å². The van der Waals surface area contributed by atoms with Crippen molar-refractivity contribution < 1.29 is 4.74 Å². The molecule has 1 heterocycles. The van der Waals surface area contributed by atoms with Crippen LogP contribution in [0.25, 0.3) is 0 Å².